The van der Waals surface area contributed by atoms with Crippen molar-refractivity contribution in [3.8, 4) is 0 Å². The Bertz CT molecular complexity index is 764. The summed E-state index contributed by atoms with van der Waals surface area (Å²) >= 11 is 13.4. The van der Waals surface area contributed by atoms with E-state index in [-0.39, 0.29) is 0 Å². The standard InChI is InChI=1S/C14H11Cl2N3OS/c15-9-6-10(16)13-14(19-21-18-13)12(9)17-7-11(20)8-4-2-1-3-5-8/h1-6,11,17,20H,7H2. The lowest BCUT2D eigenvalue weighted by atomic mass is 10.1. The van der Waals surface area contributed by atoms with Gasteiger partial charge in [0.25, 0.3) is 0 Å². The number of nitrogens with zero attached hydrogens (tertiary/aromatic N) is 2. The van der Waals surface area contributed by atoms with Gasteiger partial charge in [-0.25, -0.2) is 0 Å². The van der Waals surface area contributed by atoms with Crippen LogP contribution in [-0.4, -0.2) is 20.4 Å². The Balaban J connectivity index is 1.84. The Morgan fingerprint density at radius 2 is 1.81 bits per heavy atom. The van der Waals surface area contributed by atoms with E-state index < -0.39 is 6.10 Å². The molecule has 0 amide bonds. The molecule has 4 nitrogen and oxygen atoms in total. The monoisotopic (exact) mass is 339 g/mol. The molecule has 1 atom stereocenters. The summed E-state index contributed by atoms with van der Waals surface area (Å²) in [5, 5.41) is 14.2. The van der Waals surface area contributed by atoms with E-state index in [0.29, 0.717) is 33.3 Å². The lowest BCUT2D eigenvalue weighted by Gasteiger charge is -2.14. The summed E-state index contributed by atoms with van der Waals surface area (Å²) in [6.45, 7) is 0.317. The van der Waals surface area contributed by atoms with Gasteiger partial charge in [-0.2, -0.15) is 8.75 Å². The third-order valence-corrected chi connectivity index (χ3v) is 4.22. The fourth-order valence-corrected chi connectivity index (χ4v) is 3.21. The van der Waals surface area contributed by atoms with Gasteiger partial charge in [0, 0.05) is 6.54 Å². The Morgan fingerprint density at radius 3 is 2.57 bits per heavy atom. The summed E-state index contributed by atoms with van der Waals surface area (Å²) in [6, 6.07) is 11.0. The first kappa shape index (κ1) is 14.5. The quantitative estimate of drug-likeness (QED) is 0.749. The second-order valence-electron chi connectivity index (χ2n) is 4.48. The number of anilines is 1. The van der Waals surface area contributed by atoms with E-state index in [1.165, 1.54) is 0 Å². The number of rotatable bonds is 4. The minimum atomic E-state index is -0.639. The first-order chi connectivity index (χ1) is 10.2. The molecule has 3 rings (SSSR count). The lowest BCUT2D eigenvalue weighted by Crippen LogP contribution is -2.12. The number of hydrogen-bond acceptors (Lipinski definition) is 5. The highest BCUT2D eigenvalue weighted by molar-refractivity contribution is 7.00. The average molecular weight is 340 g/mol. The van der Waals surface area contributed by atoms with Crippen LogP contribution in [0, 0.1) is 0 Å². The molecular formula is C14H11Cl2N3OS. The first-order valence-corrected chi connectivity index (χ1v) is 7.72. The molecule has 1 unspecified atom stereocenters. The van der Waals surface area contributed by atoms with Gasteiger partial charge in [0.2, 0.25) is 0 Å². The average Bonchev–Trinajstić information content (AvgIpc) is 2.97. The van der Waals surface area contributed by atoms with Gasteiger partial charge in [0.1, 0.15) is 11.0 Å². The van der Waals surface area contributed by atoms with Gasteiger partial charge in [0.15, 0.2) is 0 Å². The molecule has 0 radical (unpaired) electrons. The first-order valence-electron chi connectivity index (χ1n) is 6.24. The number of aliphatic hydroxyl groups excluding tert-OH is 1. The van der Waals surface area contributed by atoms with Crippen LogP contribution < -0.4 is 5.32 Å². The highest BCUT2D eigenvalue weighted by atomic mass is 35.5. The number of hydrogen-bond donors (Lipinski definition) is 2. The predicted octanol–water partition coefficient (Wildman–Crippen LogP) is 4.14. The van der Waals surface area contributed by atoms with Gasteiger partial charge < -0.3 is 10.4 Å². The van der Waals surface area contributed by atoms with Gasteiger partial charge in [-0.15, -0.1) is 0 Å². The van der Waals surface area contributed by atoms with E-state index in [0.717, 1.165) is 17.3 Å². The summed E-state index contributed by atoms with van der Waals surface area (Å²) in [6.07, 6.45) is -0.639. The van der Waals surface area contributed by atoms with Gasteiger partial charge in [-0.1, -0.05) is 53.5 Å². The molecule has 3 aromatic rings. The summed E-state index contributed by atoms with van der Waals surface area (Å²) in [7, 11) is 0. The zero-order valence-corrected chi connectivity index (χ0v) is 13.1. The van der Waals surface area contributed by atoms with Gasteiger partial charge in [-0.3, -0.25) is 0 Å². The zero-order valence-electron chi connectivity index (χ0n) is 10.8. The van der Waals surface area contributed by atoms with Crippen molar-refractivity contribution in [2.45, 2.75) is 6.10 Å². The molecule has 0 aliphatic carbocycles. The smallest absolute Gasteiger partial charge is 0.130 e. The van der Waals surface area contributed by atoms with Crippen LogP contribution in [0.3, 0.4) is 0 Å². The molecule has 2 N–H and O–H groups in total. The molecular weight excluding hydrogens is 329 g/mol. The van der Waals surface area contributed by atoms with Crippen molar-refractivity contribution in [1.29, 1.82) is 0 Å². The normalized spacial score (nSPS) is 12.5. The van der Waals surface area contributed by atoms with Crippen LogP contribution in [0.15, 0.2) is 36.4 Å². The summed E-state index contributed by atoms with van der Waals surface area (Å²) < 4.78 is 8.35. The molecule has 1 aromatic heterocycles. The second-order valence-corrected chi connectivity index (χ2v) is 5.83. The predicted molar refractivity (Wildman–Crippen MR) is 87.3 cm³/mol. The maximum absolute atomic E-state index is 10.2. The van der Waals surface area contributed by atoms with Crippen molar-refractivity contribution in [2.75, 3.05) is 11.9 Å². The lowest BCUT2D eigenvalue weighted by molar-refractivity contribution is 0.191. The number of fused-ring (bicyclic) bond motifs is 1. The Hall–Kier alpha value is -1.40. The van der Waals surface area contributed by atoms with Crippen molar-refractivity contribution in [3.05, 3.63) is 52.0 Å². The Labute approximate surface area is 135 Å². The van der Waals surface area contributed by atoms with Crippen molar-refractivity contribution in [3.63, 3.8) is 0 Å². The minimum absolute atomic E-state index is 0.317. The maximum Gasteiger partial charge on any atom is 0.130 e. The van der Waals surface area contributed by atoms with Gasteiger partial charge in [-0.05, 0) is 11.6 Å². The third-order valence-electron chi connectivity index (χ3n) is 3.10. The molecule has 1 heterocycles. The number of nitrogens with one attached hydrogen (secondary N) is 1. The fraction of sp³-hybridized carbons (Fsp3) is 0.143. The molecule has 0 bridgehead atoms. The van der Waals surface area contributed by atoms with Gasteiger partial charge in [0.05, 0.1) is 33.6 Å². The van der Waals surface area contributed by atoms with E-state index in [9.17, 15) is 5.11 Å². The maximum atomic E-state index is 10.2. The highest BCUT2D eigenvalue weighted by Crippen LogP contribution is 2.35. The number of aromatic nitrogens is 2. The number of benzene rings is 2. The second kappa shape index (κ2) is 6.15. The molecule has 108 valence electrons. The van der Waals surface area contributed by atoms with Crippen LogP contribution in [0.25, 0.3) is 11.0 Å². The van der Waals surface area contributed by atoms with Crippen molar-refractivity contribution >= 4 is 51.7 Å². The SMILES string of the molecule is OC(CNc1c(Cl)cc(Cl)c2nsnc12)c1ccccc1. The topological polar surface area (TPSA) is 58.0 Å². The number of aliphatic hydroxyl groups is 1. The molecule has 0 fully saturated rings. The Morgan fingerprint density at radius 1 is 1.10 bits per heavy atom. The molecule has 0 aliphatic heterocycles. The molecule has 0 saturated heterocycles. The number of halogens is 2. The summed E-state index contributed by atoms with van der Waals surface area (Å²) in [5.41, 5.74) is 2.71. The van der Waals surface area contributed by atoms with Crippen molar-refractivity contribution < 1.29 is 5.11 Å². The molecule has 2 aromatic carbocycles. The molecule has 21 heavy (non-hydrogen) atoms. The van der Waals surface area contributed by atoms with Crippen LogP contribution in [-0.2, 0) is 0 Å². The van der Waals surface area contributed by atoms with Gasteiger partial charge >= 0.3 is 0 Å². The van der Waals surface area contributed by atoms with E-state index in [2.05, 4.69) is 14.1 Å². The van der Waals surface area contributed by atoms with Crippen LogP contribution in [0.1, 0.15) is 11.7 Å². The van der Waals surface area contributed by atoms with E-state index in [1.807, 2.05) is 30.3 Å². The van der Waals surface area contributed by atoms with Crippen LogP contribution in [0.4, 0.5) is 5.69 Å². The van der Waals surface area contributed by atoms with E-state index >= 15 is 0 Å². The molecule has 0 aliphatic rings. The van der Waals surface area contributed by atoms with E-state index in [1.54, 1.807) is 6.07 Å². The van der Waals surface area contributed by atoms with Crippen LogP contribution >= 0.6 is 34.9 Å². The van der Waals surface area contributed by atoms with E-state index in [4.69, 9.17) is 23.2 Å². The molecule has 7 heteroatoms. The van der Waals surface area contributed by atoms with Crippen molar-refractivity contribution in [2.24, 2.45) is 0 Å². The largest absolute Gasteiger partial charge is 0.387 e. The minimum Gasteiger partial charge on any atom is -0.387 e. The Kier molecular flexibility index (Phi) is 4.26. The summed E-state index contributed by atoms with van der Waals surface area (Å²) in [4.78, 5) is 0. The highest BCUT2D eigenvalue weighted by Gasteiger charge is 2.15. The zero-order chi connectivity index (χ0) is 14.8. The molecule has 0 spiro atoms. The van der Waals surface area contributed by atoms with Crippen LogP contribution in [0.5, 0.6) is 0 Å². The fourth-order valence-electron chi connectivity index (χ4n) is 2.03. The van der Waals surface area contributed by atoms with Crippen molar-refractivity contribution in [1.82, 2.24) is 8.75 Å². The van der Waals surface area contributed by atoms with Crippen LogP contribution in [0.2, 0.25) is 10.0 Å². The summed E-state index contributed by atoms with van der Waals surface area (Å²) in [5.74, 6) is 0. The third kappa shape index (κ3) is 2.96. The molecule has 0 saturated carbocycles.